The minimum Gasteiger partial charge on any atom is -0.481 e. The topological polar surface area (TPSA) is 71.7 Å². The minimum atomic E-state index is -0.667. The molecule has 5 nitrogen and oxygen atoms in total. The number of benzene rings is 1. The molecule has 0 aliphatic carbocycles. The summed E-state index contributed by atoms with van der Waals surface area (Å²) in [5.74, 6) is 0.944. The number of hydrogen-bond donors (Lipinski definition) is 2. The van der Waals surface area contributed by atoms with Gasteiger partial charge in [-0.15, -0.1) is 0 Å². The normalized spacial score (nSPS) is 13.5. The predicted octanol–water partition coefficient (Wildman–Crippen LogP) is 2.42. The van der Waals surface area contributed by atoms with Crippen LogP contribution >= 0.6 is 0 Å². The van der Waals surface area contributed by atoms with Gasteiger partial charge >= 0.3 is 0 Å². The molecule has 5 heteroatoms. The maximum Gasteiger partial charge on any atom is 0.261 e. The molecule has 0 saturated heterocycles. The first-order chi connectivity index (χ1) is 10.1. The number of nitrogens with one attached hydrogen (secondary N) is 1. The number of carbonyl (C=O) groups excluding carboxylic acids is 1. The number of aliphatic hydroxyl groups is 1. The summed E-state index contributed by atoms with van der Waals surface area (Å²) >= 11 is 0. The first kappa shape index (κ1) is 15.1. The molecule has 21 heavy (non-hydrogen) atoms. The summed E-state index contributed by atoms with van der Waals surface area (Å²) in [6.07, 6.45) is 0.236. The monoisotopic (exact) mass is 289 g/mol. The molecule has 0 aliphatic rings. The Morgan fingerprint density at radius 1 is 1.29 bits per heavy atom. The van der Waals surface area contributed by atoms with Gasteiger partial charge in [0.2, 0.25) is 0 Å². The second-order valence-electron chi connectivity index (χ2n) is 4.77. The van der Waals surface area contributed by atoms with E-state index >= 15 is 0 Å². The van der Waals surface area contributed by atoms with Crippen molar-refractivity contribution in [3.05, 3.63) is 54.0 Å². The summed E-state index contributed by atoms with van der Waals surface area (Å²) in [4.78, 5) is 12.0. The lowest BCUT2D eigenvalue weighted by Crippen LogP contribution is -2.36. The Hall–Kier alpha value is -2.27. The van der Waals surface area contributed by atoms with Crippen LogP contribution in [0.5, 0.6) is 5.75 Å². The molecule has 0 bridgehead atoms. The van der Waals surface area contributed by atoms with Gasteiger partial charge in [0.15, 0.2) is 6.10 Å². The highest BCUT2D eigenvalue weighted by Gasteiger charge is 2.17. The first-order valence-electron chi connectivity index (χ1n) is 6.81. The molecule has 0 saturated carbocycles. The van der Waals surface area contributed by atoms with E-state index < -0.39 is 12.2 Å². The molecule has 112 valence electrons. The molecule has 0 spiro atoms. The van der Waals surface area contributed by atoms with E-state index in [1.165, 1.54) is 0 Å². The van der Waals surface area contributed by atoms with Crippen molar-refractivity contribution >= 4 is 5.91 Å². The smallest absolute Gasteiger partial charge is 0.261 e. The third-order valence-electron chi connectivity index (χ3n) is 3.06. The van der Waals surface area contributed by atoms with Crippen molar-refractivity contribution in [3.63, 3.8) is 0 Å². The van der Waals surface area contributed by atoms with E-state index in [-0.39, 0.29) is 5.91 Å². The van der Waals surface area contributed by atoms with Crippen LogP contribution in [0.4, 0.5) is 0 Å². The molecular weight excluding hydrogens is 270 g/mol. The lowest BCUT2D eigenvalue weighted by Gasteiger charge is -2.18. The minimum absolute atomic E-state index is 0.244. The maximum atomic E-state index is 12.0. The molecule has 2 N–H and O–H groups in total. The molecule has 2 atom stereocenters. The number of para-hydroxylation sites is 1. The van der Waals surface area contributed by atoms with Crippen molar-refractivity contribution in [2.75, 3.05) is 0 Å². The number of ether oxygens (including phenoxy) is 1. The zero-order chi connectivity index (χ0) is 15.2. The van der Waals surface area contributed by atoms with E-state index in [0.717, 1.165) is 0 Å². The fraction of sp³-hybridized carbons (Fsp3) is 0.312. The van der Waals surface area contributed by atoms with Gasteiger partial charge in [0.1, 0.15) is 11.5 Å². The molecular formula is C16H19NO4. The van der Waals surface area contributed by atoms with E-state index in [1.807, 2.05) is 6.07 Å². The third kappa shape index (κ3) is 4.10. The van der Waals surface area contributed by atoms with Gasteiger partial charge in [0.05, 0.1) is 18.9 Å². The van der Waals surface area contributed by atoms with E-state index in [4.69, 9.17) is 9.15 Å². The van der Waals surface area contributed by atoms with E-state index in [0.29, 0.717) is 23.6 Å². The van der Waals surface area contributed by atoms with Gasteiger partial charge < -0.3 is 19.6 Å². The molecule has 0 radical (unpaired) electrons. The molecule has 2 rings (SSSR count). The van der Waals surface area contributed by atoms with Crippen LogP contribution in [0.3, 0.4) is 0 Å². The highest BCUT2D eigenvalue weighted by molar-refractivity contribution is 5.80. The number of aliphatic hydroxyl groups excluding tert-OH is 1. The second-order valence-corrected chi connectivity index (χ2v) is 4.77. The van der Waals surface area contributed by atoms with Crippen LogP contribution in [-0.4, -0.2) is 17.1 Å². The lowest BCUT2D eigenvalue weighted by atomic mass is 10.1. The summed E-state index contributed by atoms with van der Waals surface area (Å²) in [6, 6.07) is 10.7. The molecule has 1 unspecified atom stereocenters. The third-order valence-corrected chi connectivity index (χ3v) is 3.06. The first-order valence-corrected chi connectivity index (χ1v) is 6.81. The molecule has 0 fully saturated rings. The fourth-order valence-electron chi connectivity index (χ4n) is 1.91. The average molecular weight is 289 g/mol. The number of rotatable bonds is 6. The van der Waals surface area contributed by atoms with Gasteiger partial charge in [-0.25, -0.2) is 0 Å². The molecule has 1 amide bonds. The van der Waals surface area contributed by atoms with Crippen molar-refractivity contribution in [2.24, 2.45) is 0 Å². The average Bonchev–Trinajstić information content (AvgIpc) is 2.98. The Bertz CT molecular complexity index is 578. The van der Waals surface area contributed by atoms with Crippen LogP contribution < -0.4 is 10.1 Å². The second kappa shape index (κ2) is 6.95. The van der Waals surface area contributed by atoms with E-state index in [2.05, 4.69) is 5.32 Å². The van der Waals surface area contributed by atoms with Crippen molar-refractivity contribution in [2.45, 2.75) is 32.6 Å². The lowest BCUT2D eigenvalue weighted by molar-refractivity contribution is -0.127. The predicted molar refractivity (Wildman–Crippen MR) is 77.7 cm³/mol. The summed E-state index contributed by atoms with van der Waals surface area (Å²) in [7, 11) is 0. The van der Waals surface area contributed by atoms with Gasteiger partial charge in [0, 0.05) is 5.56 Å². The van der Waals surface area contributed by atoms with Gasteiger partial charge in [-0.1, -0.05) is 18.2 Å². The Kier molecular flexibility index (Phi) is 5.00. The number of amides is 1. The molecule has 1 heterocycles. The van der Waals surface area contributed by atoms with Gasteiger partial charge in [0.25, 0.3) is 5.91 Å². The molecule has 0 aliphatic heterocycles. The Morgan fingerprint density at radius 3 is 2.71 bits per heavy atom. The number of hydrogen-bond acceptors (Lipinski definition) is 4. The maximum absolute atomic E-state index is 12.0. The van der Waals surface area contributed by atoms with Crippen LogP contribution in [0.25, 0.3) is 0 Å². The van der Waals surface area contributed by atoms with E-state index in [1.54, 1.807) is 50.4 Å². The Balaban J connectivity index is 1.94. The van der Waals surface area contributed by atoms with E-state index in [9.17, 15) is 9.90 Å². The number of carbonyl (C=O) groups is 1. The van der Waals surface area contributed by atoms with Gasteiger partial charge in [-0.3, -0.25) is 4.79 Å². The zero-order valence-corrected chi connectivity index (χ0v) is 12.1. The van der Waals surface area contributed by atoms with Crippen LogP contribution in [0.15, 0.2) is 47.1 Å². The SMILES string of the molecule is CC(Oc1ccccc1[C@H](C)O)C(=O)NCc1ccco1. The quantitative estimate of drug-likeness (QED) is 0.856. The van der Waals surface area contributed by atoms with Crippen molar-refractivity contribution in [1.82, 2.24) is 5.32 Å². The Morgan fingerprint density at radius 2 is 2.05 bits per heavy atom. The van der Waals surface area contributed by atoms with Crippen LogP contribution in [0.2, 0.25) is 0 Å². The van der Waals surface area contributed by atoms with Crippen molar-refractivity contribution in [1.29, 1.82) is 0 Å². The highest BCUT2D eigenvalue weighted by atomic mass is 16.5. The van der Waals surface area contributed by atoms with Crippen LogP contribution in [0.1, 0.15) is 31.3 Å². The molecule has 1 aromatic carbocycles. The fourth-order valence-corrected chi connectivity index (χ4v) is 1.91. The summed E-state index contributed by atoms with van der Waals surface area (Å²) in [6.45, 7) is 3.64. The summed E-state index contributed by atoms with van der Waals surface area (Å²) < 4.78 is 10.8. The molecule has 1 aromatic heterocycles. The summed E-state index contributed by atoms with van der Waals surface area (Å²) in [5.41, 5.74) is 0.656. The number of furan rings is 1. The summed E-state index contributed by atoms with van der Waals surface area (Å²) in [5, 5.41) is 12.4. The zero-order valence-electron chi connectivity index (χ0n) is 12.1. The van der Waals surface area contributed by atoms with Gasteiger partial charge in [-0.2, -0.15) is 0 Å². The van der Waals surface area contributed by atoms with Crippen LogP contribution in [0, 0.1) is 0 Å². The van der Waals surface area contributed by atoms with Crippen LogP contribution in [-0.2, 0) is 11.3 Å². The van der Waals surface area contributed by atoms with Crippen molar-refractivity contribution in [3.8, 4) is 5.75 Å². The van der Waals surface area contributed by atoms with Crippen molar-refractivity contribution < 1.29 is 19.1 Å². The highest BCUT2D eigenvalue weighted by Crippen LogP contribution is 2.25. The van der Waals surface area contributed by atoms with Gasteiger partial charge in [-0.05, 0) is 32.0 Å². The standard InChI is InChI=1S/C16H19NO4/c1-11(18)14-7-3-4-8-15(14)21-12(2)16(19)17-10-13-6-5-9-20-13/h3-9,11-12,18H,10H2,1-2H3,(H,17,19)/t11-,12?/m0/s1. The molecule has 2 aromatic rings. The Labute approximate surface area is 123 Å². The largest absolute Gasteiger partial charge is 0.481 e.